The van der Waals surface area contributed by atoms with Crippen LogP contribution in [0.15, 0.2) is 81.4 Å². The highest BCUT2D eigenvalue weighted by Gasteiger charge is 2.48. The molecule has 2 aromatic carbocycles. The van der Waals surface area contributed by atoms with E-state index in [2.05, 4.69) is 15.9 Å². The van der Waals surface area contributed by atoms with E-state index in [1.165, 1.54) is 11.2 Å². The van der Waals surface area contributed by atoms with Crippen LogP contribution in [0.4, 0.5) is 5.69 Å². The predicted octanol–water partition coefficient (Wildman–Crippen LogP) is 4.98. The molecule has 6 heteroatoms. The molecule has 0 aliphatic carbocycles. The molecule has 1 aliphatic rings. The van der Waals surface area contributed by atoms with E-state index in [0.717, 1.165) is 10.0 Å². The summed E-state index contributed by atoms with van der Waals surface area (Å²) in [6.45, 7) is 1.88. The average molecular weight is 438 g/mol. The maximum atomic E-state index is 12.9. The molecule has 0 bridgehead atoms. The van der Waals surface area contributed by atoms with Gasteiger partial charge in [-0.05, 0) is 48.9 Å². The van der Waals surface area contributed by atoms with Crippen molar-refractivity contribution in [3.05, 3.63) is 93.9 Å². The first-order chi connectivity index (χ1) is 13.5. The second-order valence-corrected chi connectivity index (χ2v) is 7.34. The number of para-hydroxylation sites is 1. The molecule has 1 amide bonds. The minimum atomic E-state index is -0.846. The lowest BCUT2D eigenvalue weighted by Crippen LogP contribution is -2.29. The third-order valence-corrected chi connectivity index (χ3v) is 5.61. The quantitative estimate of drug-likeness (QED) is 0.356. The number of carbonyl (C=O) groups is 2. The Morgan fingerprint density at radius 1 is 1.07 bits per heavy atom. The van der Waals surface area contributed by atoms with Crippen LogP contribution in [0.5, 0.6) is 0 Å². The van der Waals surface area contributed by atoms with Crippen LogP contribution < -0.4 is 4.90 Å². The Bertz CT molecular complexity index is 1090. The molecule has 1 aromatic heterocycles. The minimum Gasteiger partial charge on any atom is -0.507 e. The van der Waals surface area contributed by atoms with Crippen molar-refractivity contribution in [2.75, 3.05) is 4.90 Å². The number of rotatable bonds is 3. The van der Waals surface area contributed by atoms with Gasteiger partial charge in [0.25, 0.3) is 11.7 Å². The third kappa shape index (κ3) is 2.96. The fraction of sp³-hybridized carbons (Fsp3) is 0.0909. The van der Waals surface area contributed by atoms with Crippen molar-refractivity contribution in [1.82, 2.24) is 0 Å². The number of Topliss-reactive ketones (excluding diaryl/α,β-unsaturated/α-hetero) is 1. The first kappa shape index (κ1) is 18.3. The lowest BCUT2D eigenvalue weighted by atomic mass is 9.98. The smallest absolute Gasteiger partial charge is 0.300 e. The molecule has 1 aliphatic heterocycles. The second-order valence-electron chi connectivity index (χ2n) is 6.48. The summed E-state index contributed by atoms with van der Waals surface area (Å²) in [5.41, 5.74) is 1.92. The Kier molecular flexibility index (Phi) is 4.65. The number of nitrogens with zero attached hydrogens (tertiary/aromatic N) is 1. The zero-order chi connectivity index (χ0) is 19.8. The van der Waals surface area contributed by atoms with Gasteiger partial charge in [-0.1, -0.05) is 40.2 Å². The zero-order valence-corrected chi connectivity index (χ0v) is 16.5. The van der Waals surface area contributed by atoms with E-state index in [9.17, 15) is 14.7 Å². The molecular formula is C22H16BrNO4. The first-order valence-electron chi connectivity index (χ1n) is 8.65. The van der Waals surface area contributed by atoms with Crippen LogP contribution in [-0.2, 0) is 9.59 Å². The topological polar surface area (TPSA) is 70.8 Å². The van der Waals surface area contributed by atoms with Gasteiger partial charge in [0.05, 0.1) is 11.8 Å². The highest BCUT2D eigenvalue weighted by atomic mass is 79.9. The molecule has 5 nitrogen and oxygen atoms in total. The molecule has 1 fully saturated rings. The maximum Gasteiger partial charge on any atom is 0.300 e. The summed E-state index contributed by atoms with van der Waals surface area (Å²) in [5, 5.41) is 11.0. The van der Waals surface area contributed by atoms with Crippen LogP contribution in [0.1, 0.15) is 22.9 Å². The normalized spacial score (nSPS) is 18.6. The van der Waals surface area contributed by atoms with Crippen molar-refractivity contribution in [2.24, 2.45) is 0 Å². The van der Waals surface area contributed by atoms with Crippen LogP contribution in [0.25, 0.3) is 5.76 Å². The lowest BCUT2D eigenvalue weighted by molar-refractivity contribution is -0.132. The predicted molar refractivity (Wildman–Crippen MR) is 109 cm³/mol. The Balaban J connectivity index is 1.93. The maximum absolute atomic E-state index is 12.9. The minimum absolute atomic E-state index is 0.00512. The summed E-state index contributed by atoms with van der Waals surface area (Å²) in [4.78, 5) is 27.1. The number of halogens is 1. The van der Waals surface area contributed by atoms with Crippen LogP contribution in [0.3, 0.4) is 0 Å². The molecule has 3 aromatic rings. The van der Waals surface area contributed by atoms with Crippen molar-refractivity contribution < 1.29 is 19.1 Å². The number of furan rings is 1. The van der Waals surface area contributed by atoms with Gasteiger partial charge in [-0.2, -0.15) is 0 Å². The fourth-order valence-corrected chi connectivity index (χ4v) is 3.60. The van der Waals surface area contributed by atoms with Gasteiger partial charge < -0.3 is 9.52 Å². The summed E-state index contributed by atoms with van der Waals surface area (Å²) in [6.07, 6.45) is 1.48. The van der Waals surface area contributed by atoms with Crippen LogP contribution >= 0.6 is 15.9 Å². The van der Waals surface area contributed by atoms with Crippen molar-refractivity contribution in [3.63, 3.8) is 0 Å². The summed E-state index contributed by atoms with van der Waals surface area (Å²) >= 11 is 3.42. The molecule has 0 radical (unpaired) electrons. The SMILES string of the molecule is Cc1cc(/C(O)=C2/C(=O)C(=O)N(c3ccccc3)C2c2ccco2)ccc1Br. The number of anilines is 1. The average Bonchev–Trinajstić information content (AvgIpc) is 3.31. The van der Waals surface area contributed by atoms with Gasteiger partial charge in [0.2, 0.25) is 0 Å². The number of hydrogen-bond acceptors (Lipinski definition) is 4. The van der Waals surface area contributed by atoms with Crippen LogP contribution in [-0.4, -0.2) is 16.8 Å². The monoisotopic (exact) mass is 437 g/mol. The van der Waals surface area contributed by atoms with Gasteiger partial charge in [-0.25, -0.2) is 0 Å². The first-order valence-corrected chi connectivity index (χ1v) is 9.44. The second kappa shape index (κ2) is 7.13. The number of aryl methyl sites for hydroxylation is 1. The van der Waals surface area contributed by atoms with Gasteiger partial charge in [0.1, 0.15) is 17.6 Å². The molecule has 28 heavy (non-hydrogen) atoms. The van der Waals surface area contributed by atoms with Crippen molar-refractivity contribution in [2.45, 2.75) is 13.0 Å². The molecule has 1 N–H and O–H groups in total. The van der Waals surface area contributed by atoms with Crippen molar-refractivity contribution in [1.29, 1.82) is 0 Å². The third-order valence-electron chi connectivity index (χ3n) is 4.72. The van der Waals surface area contributed by atoms with Gasteiger partial charge in [-0.3, -0.25) is 14.5 Å². The Labute approximate surface area is 170 Å². The Hall–Kier alpha value is -3.12. The van der Waals surface area contributed by atoms with E-state index < -0.39 is 17.7 Å². The van der Waals surface area contributed by atoms with E-state index >= 15 is 0 Å². The molecule has 2 heterocycles. The van der Waals surface area contributed by atoms with Gasteiger partial charge in [0.15, 0.2) is 0 Å². The Morgan fingerprint density at radius 2 is 1.82 bits per heavy atom. The van der Waals surface area contributed by atoms with Crippen LogP contribution in [0, 0.1) is 6.92 Å². The van der Waals surface area contributed by atoms with Gasteiger partial charge in [-0.15, -0.1) is 0 Å². The number of ketones is 1. The van der Waals surface area contributed by atoms with Crippen LogP contribution in [0.2, 0.25) is 0 Å². The summed E-state index contributed by atoms with van der Waals surface area (Å²) in [5.74, 6) is -1.28. The van der Waals surface area contributed by atoms with Crippen molar-refractivity contribution in [3.8, 4) is 0 Å². The molecular weight excluding hydrogens is 422 g/mol. The molecule has 140 valence electrons. The van der Waals surface area contributed by atoms with E-state index in [1.807, 2.05) is 13.0 Å². The molecule has 0 spiro atoms. The number of benzene rings is 2. The highest BCUT2D eigenvalue weighted by molar-refractivity contribution is 9.10. The number of amides is 1. The molecule has 1 unspecified atom stereocenters. The Morgan fingerprint density at radius 3 is 2.46 bits per heavy atom. The highest BCUT2D eigenvalue weighted by Crippen LogP contribution is 2.42. The van der Waals surface area contributed by atoms with Gasteiger partial charge >= 0.3 is 0 Å². The molecule has 0 saturated carbocycles. The summed E-state index contributed by atoms with van der Waals surface area (Å²) in [7, 11) is 0. The largest absolute Gasteiger partial charge is 0.507 e. The molecule has 4 rings (SSSR count). The van der Waals surface area contributed by atoms with E-state index in [1.54, 1.807) is 54.6 Å². The lowest BCUT2D eigenvalue weighted by Gasteiger charge is -2.23. The number of carbonyl (C=O) groups excluding carboxylic acids is 2. The van der Waals surface area contributed by atoms with Crippen molar-refractivity contribution >= 4 is 39.1 Å². The molecule has 1 saturated heterocycles. The van der Waals surface area contributed by atoms with Gasteiger partial charge in [0, 0.05) is 15.7 Å². The van der Waals surface area contributed by atoms with E-state index in [4.69, 9.17) is 4.42 Å². The zero-order valence-electron chi connectivity index (χ0n) is 14.9. The molecule has 1 atom stereocenters. The fourth-order valence-electron chi connectivity index (χ4n) is 3.35. The standard InChI is InChI=1S/C22H16BrNO4/c1-13-12-14(9-10-16(13)23)20(25)18-19(17-8-5-11-28-17)24(22(27)21(18)26)15-6-3-2-4-7-15/h2-12,19,25H,1H3/b20-18-. The van der Waals surface area contributed by atoms with E-state index in [-0.39, 0.29) is 11.3 Å². The number of aliphatic hydroxyl groups is 1. The van der Waals surface area contributed by atoms with E-state index in [0.29, 0.717) is 17.0 Å². The number of aliphatic hydroxyl groups excluding tert-OH is 1. The summed E-state index contributed by atoms with van der Waals surface area (Å²) < 4.78 is 6.41. The summed E-state index contributed by atoms with van der Waals surface area (Å²) in [6, 6.07) is 16.6. The number of hydrogen-bond donors (Lipinski definition) is 1.